The molecule has 0 spiro atoms. The summed E-state index contributed by atoms with van der Waals surface area (Å²) in [5, 5.41) is 4.26. The maximum absolute atomic E-state index is 5.79. The summed E-state index contributed by atoms with van der Waals surface area (Å²) >= 11 is 0. The number of para-hydroxylation sites is 1. The van der Waals surface area contributed by atoms with Crippen molar-refractivity contribution in [2.45, 2.75) is 25.8 Å². The third-order valence-electron chi connectivity index (χ3n) is 2.61. The quantitative estimate of drug-likeness (QED) is 0.849. The average molecular weight is 215 g/mol. The highest BCUT2D eigenvalue weighted by Crippen LogP contribution is 2.15. The predicted molar refractivity (Wildman–Crippen MR) is 65.5 cm³/mol. The fourth-order valence-corrected chi connectivity index (χ4v) is 1.74. The zero-order valence-electron chi connectivity index (χ0n) is 9.50. The second kappa shape index (κ2) is 4.94. The van der Waals surface area contributed by atoms with Crippen LogP contribution in [0.2, 0.25) is 0 Å². The Labute approximate surface area is 95.9 Å². The lowest BCUT2D eigenvalue weighted by Crippen LogP contribution is -2.15. The van der Waals surface area contributed by atoms with Crippen LogP contribution in [0.5, 0.6) is 0 Å². The van der Waals surface area contributed by atoms with Crippen LogP contribution in [-0.2, 0) is 6.42 Å². The van der Waals surface area contributed by atoms with Gasteiger partial charge in [-0.2, -0.15) is 5.10 Å². The van der Waals surface area contributed by atoms with Gasteiger partial charge in [0.1, 0.15) is 0 Å². The van der Waals surface area contributed by atoms with Crippen LogP contribution in [0.3, 0.4) is 0 Å². The Kier molecular flexibility index (Phi) is 3.37. The molecule has 1 aromatic carbocycles. The fraction of sp³-hybridized carbons (Fsp3) is 0.308. The van der Waals surface area contributed by atoms with Gasteiger partial charge < -0.3 is 5.73 Å². The minimum atomic E-state index is 0.241. The van der Waals surface area contributed by atoms with E-state index in [1.807, 2.05) is 29.9 Å². The normalized spacial score (nSPS) is 12.6. The summed E-state index contributed by atoms with van der Waals surface area (Å²) in [6.45, 7) is 2.04. The van der Waals surface area contributed by atoms with Crippen molar-refractivity contribution in [3.05, 3.63) is 48.3 Å². The molecule has 0 fully saturated rings. The fourth-order valence-electron chi connectivity index (χ4n) is 1.74. The van der Waals surface area contributed by atoms with E-state index in [1.54, 1.807) is 6.20 Å². The van der Waals surface area contributed by atoms with Crippen LogP contribution in [-0.4, -0.2) is 15.8 Å². The number of aromatic nitrogens is 2. The lowest BCUT2D eigenvalue weighted by Gasteiger charge is -2.10. The highest BCUT2D eigenvalue weighted by molar-refractivity contribution is 5.40. The number of rotatable bonds is 4. The molecular formula is C13H17N3. The van der Waals surface area contributed by atoms with Crippen LogP contribution in [0.1, 0.15) is 18.9 Å². The number of benzene rings is 1. The molecule has 1 atom stereocenters. The molecule has 1 heterocycles. The van der Waals surface area contributed by atoms with Crippen molar-refractivity contribution >= 4 is 0 Å². The number of hydrogen-bond acceptors (Lipinski definition) is 2. The molecule has 0 aliphatic rings. The van der Waals surface area contributed by atoms with E-state index in [9.17, 15) is 0 Å². The predicted octanol–water partition coefficient (Wildman–Crippen LogP) is 2.15. The largest absolute Gasteiger partial charge is 0.328 e. The van der Waals surface area contributed by atoms with Crippen LogP contribution in [0.15, 0.2) is 42.7 Å². The van der Waals surface area contributed by atoms with Crippen molar-refractivity contribution in [3.63, 3.8) is 0 Å². The van der Waals surface area contributed by atoms with Crippen molar-refractivity contribution in [2.24, 2.45) is 5.73 Å². The van der Waals surface area contributed by atoms with Gasteiger partial charge in [0.05, 0.1) is 5.69 Å². The lowest BCUT2D eigenvalue weighted by molar-refractivity contribution is 0.662. The van der Waals surface area contributed by atoms with Crippen molar-refractivity contribution in [3.8, 4) is 5.69 Å². The van der Waals surface area contributed by atoms with E-state index in [0.717, 1.165) is 18.5 Å². The van der Waals surface area contributed by atoms with Gasteiger partial charge in [-0.25, -0.2) is 4.68 Å². The molecular weight excluding hydrogens is 198 g/mol. The Balaban J connectivity index is 2.24. The van der Waals surface area contributed by atoms with Crippen LogP contribution in [0, 0.1) is 0 Å². The molecule has 3 nitrogen and oxygen atoms in total. The van der Waals surface area contributed by atoms with Crippen LogP contribution in [0.25, 0.3) is 5.69 Å². The molecule has 0 bridgehead atoms. The summed E-state index contributed by atoms with van der Waals surface area (Å²) in [5.41, 5.74) is 8.23. The maximum Gasteiger partial charge on any atom is 0.0677 e. The SMILES string of the molecule is C[C@@H](N)CCc1ccccc1-n1cccn1. The zero-order valence-corrected chi connectivity index (χ0v) is 9.50. The van der Waals surface area contributed by atoms with Gasteiger partial charge in [0, 0.05) is 18.4 Å². The Bertz CT molecular complexity index is 432. The van der Waals surface area contributed by atoms with Gasteiger partial charge in [0.15, 0.2) is 0 Å². The highest BCUT2D eigenvalue weighted by Gasteiger charge is 2.04. The molecule has 16 heavy (non-hydrogen) atoms. The smallest absolute Gasteiger partial charge is 0.0677 e. The molecule has 0 saturated carbocycles. The van der Waals surface area contributed by atoms with E-state index in [4.69, 9.17) is 5.73 Å². The van der Waals surface area contributed by atoms with E-state index >= 15 is 0 Å². The van der Waals surface area contributed by atoms with Crippen LogP contribution < -0.4 is 5.73 Å². The monoisotopic (exact) mass is 215 g/mol. The van der Waals surface area contributed by atoms with E-state index in [-0.39, 0.29) is 6.04 Å². The van der Waals surface area contributed by atoms with Crippen LogP contribution in [0.4, 0.5) is 0 Å². The summed E-state index contributed by atoms with van der Waals surface area (Å²) in [4.78, 5) is 0. The molecule has 3 heteroatoms. The molecule has 2 rings (SSSR count). The van der Waals surface area contributed by atoms with Gasteiger partial charge in [0.25, 0.3) is 0 Å². The summed E-state index contributed by atoms with van der Waals surface area (Å²) in [6, 6.07) is 10.5. The summed E-state index contributed by atoms with van der Waals surface area (Å²) in [6.07, 6.45) is 5.75. The van der Waals surface area contributed by atoms with Gasteiger partial charge in [0.2, 0.25) is 0 Å². The first-order valence-electron chi connectivity index (χ1n) is 5.61. The molecule has 1 aromatic heterocycles. The molecule has 2 aromatic rings. The summed E-state index contributed by atoms with van der Waals surface area (Å²) < 4.78 is 1.90. The Morgan fingerprint density at radius 3 is 2.81 bits per heavy atom. The first kappa shape index (κ1) is 10.9. The Hall–Kier alpha value is -1.61. The van der Waals surface area contributed by atoms with Crippen molar-refractivity contribution < 1.29 is 0 Å². The second-order valence-corrected chi connectivity index (χ2v) is 4.10. The molecule has 0 saturated heterocycles. The Morgan fingerprint density at radius 2 is 2.12 bits per heavy atom. The van der Waals surface area contributed by atoms with Crippen molar-refractivity contribution in [1.82, 2.24) is 9.78 Å². The average Bonchev–Trinajstić information content (AvgIpc) is 2.80. The first-order valence-corrected chi connectivity index (χ1v) is 5.61. The number of hydrogen-bond donors (Lipinski definition) is 1. The first-order chi connectivity index (χ1) is 7.77. The van der Waals surface area contributed by atoms with Gasteiger partial charge >= 0.3 is 0 Å². The summed E-state index contributed by atoms with van der Waals surface area (Å²) in [5.74, 6) is 0. The molecule has 0 amide bonds. The standard InChI is InChI=1S/C13H17N3/c1-11(14)7-8-12-5-2-3-6-13(12)16-10-4-9-15-16/h2-6,9-11H,7-8,14H2,1H3/t11-/m1/s1. The lowest BCUT2D eigenvalue weighted by atomic mass is 10.0. The van der Waals surface area contributed by atoms with E-state index in [1.165, 1.54) is 5.56 Å². The minimum absolute atomic E-state index is 0.241. The number of nitrogens with two attached hydrogens (primary N) is 1. The van der Waals surface area contributed by atoms with Gasteiger partial charge in [-0.15, -0.1) is 0 Å². The van der Waals surface area contributed by atoms with E-state index < -0.39 is 0 Å². The van der Waals surface area contributed by atoms with E-state index in [0.29, 0.717) is 0 Å². The Morgan fingerprint density at radius 1 is 1.31 bits per heavy atom. The van der Waals surface area contributed by atoms with Gasteiger partial charge in [-0.3, -0.25) is 0 Å². The third kappa shape index (κ3) is 2.49. The third-order valence-corrected chi connectivity index (χ3v) is 2.61. The zero-order chi connectivity index (χ0) is 11.4. The molecule has 84 valence electrons. The second-order valence-electron chi connectivity index (χ2n) is 4.10. The molecule has 0 unspecified atom stereocenters. The molecule has 0 aliphatic heterocycles. The number of aryl methyl sites for hydroxylation is 1. The van der Waals surface area contributed by atoms with Crippen molar-refractivity contribution in [1.29, 1.82) is 0 Å². The topological polar surface area (TPSA) is 43.8 Å². The number of nitrogens with zero attached hydrogens (tertiary/aromatic N) is 2. The van der Waals surface area contributed by atoms with Gasteiger partial charge in [-0.1, -0.05) is 18.2 Å². The molecule has 0 aliphatic carbocycles. The van der Waals surface area contributed by atoms with E-state index in [2.05, 4.69) is 23.3 Å². The molecule has 2 N–H and O–H groups in total. The minimum Gasteiger partial charge on any atom is -0.328 e. The van der Waals surface area contributed by atoms with Gasteiger partial charge in [-0.05, 0) is 37.5 Å². The van der Waals surface area contributed by atoms with Crippen LogP contribution >= 0.6 is 0 Å². The van der Waals surface area contributed by atoms with Crippen molar-refractivity contribution in [2.75, 3.05) is 0 Å². The summed E-state index contributed by atoms with van der Waals surface area (Å²) in [7, 11) is 0. The maximum atomic E-state index is 5.79. The highest BCUT2D eigenvalue weighted by atomic mass is 15.3. The molecule has 0 radical (unpaired) electrons.